The van der Waals surface area contributed by atoms with E-state index < -0.39 is 0 Å². The first-order valence-corrected chi connectivity index (χ1v) is 7.65. The van der Waals surface area contributed by atoms with Crippen LogP contribution in [0.15, 0.2) is 6.33 Å². The molecule has 0 N–H and O–H groups in total. The van der Waals surface area contributed by atoms with Crippen LogP contribution in [-0.2, 0) is 19.3 Å². The van der Waals surface area contributed by atoms with E-state index in [-0.39, 0.29) is 0 Å². The SMILES string of the molecule is CCCCc1ncnc(CCCC)c1CCCC. The Balaban J connectivity index is 2.85. The van der Waals surface area contributed by atoms with Crippen LogP contribution in [0.1, 0.15) is 76.2 Å². The summed E-state index contributed by atoms with van der Waals surface area (Å²) in [4.78, 5) is 9.05. The summed E-state index contributed by atoms with van der Waals surface area (Å²) in [7, 11) is 0. The third-order valence-electron chi connectivity index (χ3n) is 3.44. The predicted molar refractivity (Wildman–Crippen MR) is 77.9 cm³/mol. The van der Waals surface area contributed by atoms with E-state index in [0.717, 1.165) is 19.3 Å². The van der Waals surface area contributed by atoms with E-state index in [4.69, 9.17) is 0 Å². The maximum absolute atomic E-state index is 4.53. The largest absolute Gasteiger partial charge is 0.241 e. The summed E-state index contributed by atoms with van der Waals surface area (Å²) < 4.78 is 0. The van der Waals surface area contributed by atoms with Gasteiger partial charge in [0.2, 0.25) is 0 Å². The van der Waals surface area contributed by atoms with Crippen LogP contribution in [0, 0.1) is 0 Å². The van der Waals surface area contributed by atoms with Gasteiger partial charge >= 0.3 is 0 Å². The Bertz CT molecular complexity index is 308. The van der Waals surface area contributed by atoms with Gasteiger partial charge in [-0.2, -0.15) is 0 Å². The molecule has 0 spiro atoms. The molecule has 18 heavy (non-hydrogen) atoms. The van der Waals surface area contributed by atoms with Gasteiger partial charge in [-0.15, -0.1) is 0 Å². The average Bonchev–Trinajstić information content (AvgIpc) is 2.41. The van der Waals surface area contributed by atoms with Crippen LogP contribution in [0.5, 0.6) is 0 Å². The van der Waals surface area contributed by atoms with Crippen LogP contribution in [0.2, 0.25) is 0 Å². The Morgan fingerprint density at radius 2 is 1.17 bits per heavy atom. The van der Waals surface area contributed by atoms with Crippen molar-refractivity contribution >= 4 is 0 Å². The van der Waals surface area contributed by atoms with E-state index in [1.54, 1.807) is 6.33 Å². The third kappa shape index (κ3) is 4.75. The van der Waals surface area contributed by atoms with Gasteiger partial charge in [-0.05, 0) is 44.1 Å². The first-order chi connectivity index (χ1) is 8.83. The van der Waals surface area contributed by atoms with Crippen LogP contribution in [0.25, 0.3) is 0 Å². The number of hydrogen-bond donors (Lipinski definition) is 0. The maximum atomic E-state index is 4.53. The molecule has 0 radical (unpaired) electrons. The first kappa shape index (κ1) is 15.1. The van der Waals surface area contributed by atoms with Gasteiger partial charge in [0.15, 0.2) is 0 Å². The molecular formula is C16H28N2. The standard InChI is InChI=1S/C16H28N2/c1-4-7-10-14-15(11-8-5-2)17-13-18-16(14)12-9-6-3/h13H,4-12H2,1-3H3. The lowest BCUT2D eigenvalue weighted by Crippen LogP contribution is -2.06. The molecule has 0 saturated carbocycles. The number of aromatic nitrogens is 2. The van der Waals surface area contributed by atoms with Gasteiger partial charge in [0.25, 0.3) is 0 Å². The number of nitrogens with zero attached hydrogens (tertiary/aromatic N) is 2. The van der Waals surface area contributed by atoms with Gasteiger partial charge in [0, 0.05) is 11.4 Å². The summed E-state index contributed by atoms with van der Waals surface area (Å²) in [5.74, 6) is 0. The number of aryl methyl sites for hydroxylation is 2. The van der Waals surface area contributed by atoms with Gasteiger partial charge < -0.3 is 0 Å². The van der Waals surface area contributed by atoms with E-state index in [9.17, 15) is 0 Å². The van der Waals surface area contributed by atoms with Crippen LogP contribution < -0.4 is 0 Å². The fraction of sp³-hybridized carbons (Fsp3) is 0.750. The Morgan fingerprint density at radius 3 is 1.61 bits per heavy atom. The molecule has 0 amide bonds. The first-order valence-electron chi connectivity index (χ1n) is 7.65. The zero-order valence-corrected chi connectivity index (χ0v) is 12.3. The Labute approximate surface area is 112 Å². The second-order valence-corrected chi connectivity index (χ2v) is 5.06. The van der Waals surface area contributed by atoms with Crippen molar-refractivity contribution in [2.75, 3.05) is 0 Å². The van der Waals surface area contributed by atoms with E-state index in [1.807, 2.05) is 0 Å². The lowest BCUT2D eigenvalue weighted by Gasteiger charge is -2.12. The van der Waals surface area contributed by atoms with Crippen molar-refractivity contribution in [3.8, 4) is 0 Å². The molecule has 2 nitrogen and oxygen atoms in total. The monoisotopic (exact) mass is 248 g/mol. The number of rotatable bonds is 9. The smallest absolute Gasteiger partial charge is 0.115 e. The van der Waals surface area contributed by atoms with Crippen molar-refractivity contribution in [2.45, 2.75) is 78.6 Å². The summed E-state index contributed by atoms with van der Waals surface area (Å²) in [5.41, 5.74) is 4.08. The highest BCUT2D eigenvalue weighted by Crippen LogP contribution is 2.17. The van der Waals surface area contributed by atoms with Crippen molar-refractivity contribution in [1.29, 1.82) is 0 Å². The highest BCUT2D eigenvalue weighted by atomic mass is 14.8. The van der Waals surface area contributed by atoms with Crippen LogP contribution in [0.4, 0.5) is 0 Å². The maximum Gasteiger partial charge on any atom is 0.115 e. The second kappa shape index (κ2) is 9.07. The van der Waals surface area contributed by atoms with Gasteiger partial charge in [-0.1, -0.05) is 40.0 Å². The fourth-order valence-corrected chi connectivity index (χ4v) is 2.25. The highest BCUT2D eigenvalue weighted by Gasteiger charge is 2.10. The second-order valence-electron chi connectivity index (χ2n) is 5.06. The summed E-state index contributed by atoms with van der Waals surface area (Å²) in [6, 6.07) is 0. The Morgan fingerprint density at radius 1 is 0.722 bits per heavy atom. The molecule has 0 aromatic carbocycles. The fourth-order valence-electron chi connectivity index (χ4n) is 2.25. The van der Waals surface area contributed by atoms with Crippen molar-refractivity contribution < 1.29 is 0 Å². The van der Waals surface area contributed by atoms with E-state index >= 15 is 0 Å². The van der Waals surface area contributed by atoms with Gasteiger partial charge in [-0.3, -0.25) is 0 Å². The normalized spacial score (nSPS) is 10.8. The molecule has 2 heteroatoms. The van der Waals surface area contributed by atoms with Crippen molar-refractivity contribution in [2.24, 2.45) is 0 Å². The minimum atomic E-state index is 1.12. The molecule has 1 rings (SSSR count). The van der Waals surface area contributed by atoms with E-state index in [0.29, 0.717) is 0 Å². The van der Waals surface area contributed by atoms with Crippen LogP contribution in [0.3, 0.4) is 0 Å². The van der Waals surface area contributed by atoms with Crippen LogP contribution in [-0.4, -0.2) is 9.97 Å². The van der Waals surface area contributed by atoms with Gasteiger partial charge in [0.1, 0.15) is 6.33 Å². The van der Waals surface area contributed by atoms with Crippen molar-refractivity contribution in [1.82, 2.24) is 9.97 Å². The van der Waals surface area contributed by atoms with Gasteiger partial charge in [0.05, 0.1) is 0 Å². The minimum Gasteiger partial charge on any atom is -0.241 e. The molecule has 0 aliphatic heterocycles. The lowest BCUT2D eigenvalue weighted by atomic mass is 9.99. The number of unbranched alkanes of at least 4 members (excludes halogenated alkanes) is 3. The molecule has 0 bridgehead atoms. The molecule has 0 atom stereocenters. The zero-order chi connectivity index (χ0) is 13.2. The Kier molecular flexibility index (Phi) is 7.63. The molecule has 0 unspecified atom stereocenters. The molecule has 102 valence electrons. The van der Waals surface area contributed by atoms with Crippen LogP contribution >= 0.6 is 0 Å². The predicted octanol–water partition coefficient (Wildman–Crippen LogP) is 4.50. The number of hydrogen-bond acceptors (Lipinski definition) is 2. The summed E-state index contributed by atoms with van der Waals surface area (Å²) in [6.07, 6.45) is 12.6. The van der Waals surface area contributed by atoms with Gasteiger partial charge in [-0.25, -0.2) is 9.97 Å². The zero-order valence-electron chi connectivity index (χ0n) is 12.3. The van der Waals surface area contributed by atoms with E-state index in [1.165, 1.54) is 55.5 Å². The topological polar surface area (TPSA) is 25.8 Å². The highest BCUT2D eigenvalue weighted by molar-refractivity contribution is 5.25. The quantitative estimate of drug-likeness (QED) is 0.643. The Hall–Kier alpha value is -0.920. The molecule has 1 aromatic heterocycles. The van der Waals surface area contributed by atoms with Crippen molar-refractivity contribution in [3.63, 3.8) is 0 Å². The summed E-state index contributed by atoms with van der Waals surface area (Å²) >= 11 is 0. The molecule has 0 fully saturated rings. The van der Waals surface area contributed by atoms with Crippen molar-refractivity contribution in [3.05, 3.63) is 23.3 Å². The molecule has 0 aliphatic carbocycles. The minimum absolute atomic E-state index is 1.12. The average molecular weight is 248 g/mol. The molecule has 1 aromatic rings. The third-order valence-corrected chi connectivity index (χ3v) is 3.44. The molecule has 0 saturated heterocycles. The summed E-state index contributed by atoms with van der Waals surface area (Å²) in [5, 5.41) is 0. The van der Waals surface area contributed by atoms with E-state index in [2.05, 4.69) is 30.7 Å². The molecule has 1 heterocycles. The lowest BCUT2D eigenvalue weighted by molar-refractivity contribution is 0.702. The molecular weight excluding hydrogens is 220 g/mol. The summed E-state index contributed by atoms with van der Waals surface area (Å²) in [6.45, 7) is 6.73. The molecule has 0 aliphatic rings.